The van der Waals surface area contributed by atoms with Crippen LogP contribution < -0.4 is 5.32 Å². The molecule has 8 nitrogen and oxygen atoms in total. The molecule has 1 atom stereocenters. The number of carbonyl (C=O) groups is 1. The van der Waals surface area contributed by atoms with E-state index in [2.05, 4.69) is 80.4 Å². The molecule has 0 aliphatic carbocycles. The SMILES string of the molecule is CCCc1nc2c(C)cc(NC(=O)C(S)Cc3ccccc3)cc2n1Cc1ccc(-c2ccccc2-c2nnn[nH]2)cc1. The van der Waals surface area contributed by atoms with Crippen LogP contribution >= 0.6 is 12.6 Å². The van der Waals surface area contributed by atoms with E-state index in [0.29, 0.717) is 18.8 Å². The van der Waals surface area contributed by atoms with Crippen LogP contribution in [0.2, 0.25) is 0 Å². The van der Waals surface area contributed by atoms with Crippen LogP contribution in [-0.2, 0) is 24.2 Å². The lowest BCUT2D eigenvalue weighted by Gasteiger charge is -2.14. The average molecular weight is 588 g/mol. The molecule has 0 fully saturated rings. The van der Waals surface area contributed by atoms with E-state index in [4.69, 9.17) is 4.98 Å². The summed E-state index contributed by atoms with van der Waals surface area (Å²) < 4.78 is 2.27. The molecule has 2 aromatic heterocycles. The van der Waals surface area contributed by atoms with Crippen LogP contribution in [0.15, 0.2) is 91.0 Å². The lowest BCUT2D eigenvalue weighted by atomic mass is 9.98. The second-order valence-electron chi connectivity index (χ2n) is 10.7. The number of nitrogens with one attached hydrogen (secondary N) is 2. The molecular weight excluding hydrogens is 554 g/mol. The summed E-state index contributed by atoms with van der Waals surface area (Å²) in [7, 11) is 0. The second kappa shape index (κ2) is 12.6. The summed E-state index contributed by atoms with van der Waals surface area (Å²) in [6.07, 6.45) is 2.41. The Kier molecular flexibility index (Phi) is 8.33. The Bertz CT molecular complexity index is 1850. The highest BCUT2D eigenvalue weighted by Crippen LogP contribution is 2.31. The van der Waals surface area contributed by atoms with Crippen LogP contribution in [0.1, 0.15) is 35.9 Å². The first-order valence-electron chi connectivity index (χ1n) is 14.4. The molecular formula is C34H33N7OS. The molecule has 1 amide bonds. The monoisotopic (exact) mass is 587 g/mol. The lowest BCUT2D eigenvalue weighted by Crippen LogP contribution is -2.25. The topological polar surface area (TPSA) is 101 Å². The van der Waals surface area contributed by atoms with Crippen LogP contribution in [0.3, 0.4) is 0 Å². The third-order valence-corrected chi connectivity index (χ3v) is 7.99. The second-order valence-corrected chi connectivity index (χ2v) is 11.3. The molecule has 0 saturated carbocycles. The molecule has 0 saturated heterocycles. The molecule has 9 heteroatoms. The Labute approximate surface area is 256 Å². The van der Waals surface area contributed by atoms with Crippen molar-refractivity contribution in [2.75, 3.05) is 5.32 Å². The van der Waals surface area contributed by atoms with E-state index in [1.54, 1.807) is 0 Å². The van der Waals surface area contributed by atoms with Gasteiger partial charge in [-0.1, -0.05) is 85.8 Å². The van der Waals surface area contributed by atoms with E-state index < -0.39 is 5.25 Å². The van der Waals surface area contributed by atoms with Gasteiger partial charge in [-0.15, -0.1) is 5.10 Å². The zero-order chi connectivity index (χ0) is 29.8. The van der Waals surface area contributed by atoms with Crippen molar-refractivity contribution in [2.24, 2.45) is 0 Å². The zero-order valence-electron chi connectivity index (χ0n) is 24.2. The fourth-order valence-corrected chi connectivity index (χ4v) is 5.72. The predicted molar refractivity (Wildman–Crippen MR) is 174 cm³/mol. The van der Waals surface area contributed by atoms with E-state index >= 15 is 0 Å². The molecule has 0 aliphatic heterocycles. The summed E-state index contributed by atoms with van der Waals surface area (Å²) >= 11 is 4.60. The maximum Gasteiger partial charge on any atom is 0.237 e. The Hall–Kier alpha value is -4.76. The van der Waals surface area contributed by atoms with Crippen molar-refractivity contribution < 1.29 is 4.79 Å². The van der Waals surface area contributed by atoms with Gasteiger partial charge in [0, 0.05) is 24.2 Å². The smallest absolute Gasteiger partial charge is 0.237 e. The van der Waals surface area contributed by atoms with Crippen LogP contribution in [-0.4, -0.2) is 41.3 Å². The number of tetrazole rings is 1. The van der Waals surface area contributed by atoms with E-state index in [-0.39, 0.29) is 5.91 Å². The quantitative estimate of drug-likeness (QED) is 0.155. The molecule has 1 unspecified atom stereocenters. The first-order valence-corrected chi connectivity index (χ1v) is 15.0. The van der Waals surface area contributed by atoms with Gasteiger partial charge in [0.1, 0.15) is 5.82 Å². The molecule has 2 N–H and O–H groups in total. The fourth-order valence-electron chi connectivity index (χ4n) is 5.45. The number of aromatic amines is 1. The minimum Gasteiger partial charge on any atom is -0.325 e. The molecule has 43 heavy (non-hydrogen) atoms. The Morgan fingerprint density at radius 2 is 1.70 bits per heavy atom. The Balaban J connectivity index is 1.27. The Morgan fingerprint density at radius 3 is 2.42 bits per heavy atom. The molecule has 6 aromatic rings. The largest absolute Gasteiger partial charge is 0.325 e. The number of hydrogen-bond donors (Lipinski definition) is 3. The number of carbonyl (C=O) groups excluding carboxylic acids is 1. The minimum absolute atomic E-state index is 0.122. The van der Waals surface area contributed by atoms with Gasteiger partial charge < -0.3 is 9.88 Å². The fraction of sp³-hybridized carbons (Fsp3) is 0.206. The molecule has 216 valence electrons. The maximum absolute atomic E-state index is 13.1. The molecule has 0 spiro atoms. The molecule has 0 radical (unpaired) electrons. The summed E-state index contributed by atoms with van der Waals surface area (Å²) in [5, 5.41) is 17.1. The first kappa shape index (κ1) is 28.4. The van der Waals surface area contributed by atoms with Crippen molar-refractivity contribution in [2.45, 2.75) is 44.9 Å². The van der Waals surface area contributed by atoms with Crippen molar-refractivity contribution >= 4 is 35.3 Å². The number of thiol groups is 1. The lowest BCUT2D eigenvalue weighted by molar-refractivity contribution is -0.115. The van der Waals surface area contributed by atoms with Gasteiger partial charge in [-0.2, -0.15) is 12.6 Å². The molecule has 2 heterocycles. The van der Waals surface area contributed by atoms with Gasteiger partial charge in [0.15, 0.2) is 5.82 Å². The van der Waals surface area contributed by atoms with Gasteiger partial charge in [0.05, 0.1) is 16.3 Å². The number of fused-ring (bicyclic) bond motifs is 1. The van der Waals surface area contributed by atoms with Crippen LogP contribution in [0, 0.1) is 6.92 Å². The van der Waals surface area contributed by atoms with E-state index in [9.17, 15) is 4.79 Å². The van der Waals surface area contributed by atoms with Gasteiger partial charge in [0.25, 0.3) is 0 Å². The van der Waals surface area contributed by atoms with Crippen LogP contribution in [0.4, 0.5) is 5.69 Å². The summed E-state index contributed by atoms with van der Waals surface area (Å²) in [6.45, 7) is 4.88. The van der Waals surface area contributed by atoms with E-state index in [0.717, 1.165) is 68.8 Å². The number of rotatable bonds is 10. The van der Waals surface area contributed by atoms with Crippen molar-refractivity contribution in [3.8, 4) is 22.5 Å². The standard InChI is InChI=1S/C34H33N7OS/c1-3-9-31-36-32-22(2)18-26(35-34(42)30(43)19-23-10-5-4-6-11-23)20-29(32)41(31)21-24-14-16-25(17-15-24)27-12-7-8-13-28(27)33-37-39-40-38-33/h4-8,10-18,20,30,43H,3,9,19,21H2,1-2H3,(H,35,42)(H,37,38,39,40). The summed E-state index contributed by atoms with van der Waals surface area (Å²) in [6, 6.07) is 30.6. The van der Waals surface area contributed by atoms with Gasteiger partial charge in [-0.3, -0.25) is 4.79 Å². The van der Waals surface area contributed by atoms with Gasteiger partial charge >= 0.3 is 0 Å². The first-order chi connectivity index (χ1) is 21.0. The normalized spacial score (nSPS) is 12.0. The highest BCUT2D eigenvalue weighted by molar-refractivity contribution is 7.81. The number of nitrogens with zero attached hydrogens (tertiary/aromatic N) is 5. The third-order valence-electron chi connectivity index (χ3n) is 7.57. The number of anilines is 1. The highest BCUT2D eigenvalue weighted by atomic mass is 32.1. The number of aryl methyl sites for hydroxylation is 2. The summed E-state index contributed by atoms with van der Waals surface area (Å²) in [4.78, 5) is 18.1. The van der Waals surface area contributed by atoms with Crippen LogP contribution in [0.25, 0.3) is 33.5 Å². The van der Waals surface area contributed by atoms with Crippen LogP contribution in [0.5, 0.6) is 0 Å². The number of H-pyrrole nitrogens is 1. The predicted octanol–water partition coefficient (Wildman–Crippen LogP) is 6.67. The van der Waals surface area contributed by atoms with Gasteiger partial charge in [0.2, 0.25) is 5.91 Å². The van der Waals surface area contributed by atoms with Crippen molar-refractivity contribution in [1.82, 2.24) is 30.2 Å². The van der Waals surface area contributed by atoms with Gasteiger partial charge in [-0.25, -0.2) is 10.1 Å². The third kappa shape index (κ3) is 6.22. The maximum atomic E-state index is 13.1. The van der Waals surface area contributed by atoms with E-state index in [1.807, 2.05) is 67.6 Å². The number of benzene rings is 4. The number of hydrogen-bond acceptors (Lipinski definition) is 6. The molecule has 0 bridgehead atoms. The zero-order valence-corrected chi connectivity index (χ0v) is 25.1. The van der Waals surface area contributed by atoms with Gasteiger partial charge in [-0.05, 0) is 70.1 Å². The number of imidazole rings is 1. The molecule has 4 aromatic carbocycles. The summed E-state index contributed by atoms with van der Waals surface area (Å²) in [5.74, 6) is 1.55. The van der Waals surface area contributed by atoms with E-state index in [1.165, 1.54) is 0 Å². The molecule has 0 aliphatic rings. The Morgan fingerprint density at radius 1 is 0.953 bits per heavy atom. The summed E-state index contributed by atoms with van der Waals surface area (Å²) in [5.41, 5.74) is 9.06. The van der Waals surface area contributed by atoms with Crippen molar-refractivity contribution in [3.05, 3.63) is 114 Å². The average Bonchev–Trinajstić information content (AvgIpc) is 3.68. The molecule has 6 rings (SSSR count). The van der Waals surface area contributed by atoms with Crippen molar-refractivity contribution in [1.29, 1.82) is 0 Å². The highest BCUT2D eigenvalue weighted by Gasteiger charge is 2.18. The van der Waals surface area contributed by atoms with Crippen molar-refractivity contribution in [3.63, 3.8) is 0 Å². The minimum atomic E-state index is -0.456. The number of aromatic nitrogens is 6. The number of amides is 1.